The molecule has 0 radical (unpaired) electrons. The molecule has 0 unspecified atom stereocenters. The van der Waals surface area contributed by atoms with Crippen molar-refractivity contribution in [2.45, 2.75) is 44.7 Å². The van der Waals surface area contributed by atoms with Crippen LogP contribution in [0.25, 0.3) is 0 Å². The first-order valence-corrected chi connectivity index (χ1v) is 16.4. The summed E-state index contributed by atoms with van der Waals surface area (Å²) in [4.78, 5) is 40.4. The fraction of sp³-hybridized carbons (Fsp3) is 0.257. The molecule has 11 heteroatoms. The van der Waals surface area contributed by atoms with E-state index in [1.807, 2.05) is 75.4 Å². The molecule has 4 aromatic rings. The zero-order valence-corrected chi connectivity index (χ0v) is 26.9. The number of carbonyl (C=O) groups is 2. The molecule has 0 aliphatic carbocycles. The quantitative estimate of drug-likeness (QED) is 0.143. The summed E-state index contributed by atoms with van der Waals surface area (Å²) in [5, 5.41) is 14.3. The summed E-state index contributed by atoms with van der Waals surface area (Å²) >= 11 is 0. The summed E-state index contributed by atoms with van der Waals surface area (Å²) in [7, 11) is -4.31. The minimum atomic E-state index is -4.31. The Morgan fingerprint density at radius 2 is 1.41 bits per heavy atom. The maximum atomic E-state index is 14.5. The highest BCUT2D eigenvalue weighted by Crippen LogP contribution is 2.27. The lowest BCUT2D eigenvalue weighted by Gasteiger charge is -2.34. The van der Waals surface area contributed by atoms with E-state index in [0.29, 0.717) is 6.54 Å². The molecule has 1 N–H and O–H groups in total. The number of amides is 2. The van der Waals surface area contributed by atoms with Crippen molar-refractivity contribution in [2.75, 3.05) is 17.4 Å². The molecule has 0 saturated heterocycles. The molecule has 0 heterocycles. The van der Waals surface area contributed by atoms with Crippen LogP contribution in [0.3, 0.4) is 0 Å². The third-order valence-electron chi connectivity index (χ3n) is 7.39. The monoisotopic (exact) mass is 642 g/mol. The Kier molecular flexibility index (Phi) is 11.3. The van der Waals surface area contributed by atoms with Crippen LogP contribution in [-0.4, -0.2) is 49.2 Å². The van der Waals surface area contributed by atoms with Crippen LogP contribution in [0.15, 0.2) is 114 Å². The van der Waals surface area contributed by atoms with Crippen molar-refractivity contribution in [3.8, 4) is 0 Å². The van der Waals surface area contributed by atoms with E-state index in [9.17, 15) is 28.1 Å². The predicted octanol–water partition coefficient (Wildman–Crippen LogP) is 5.51. The normalized spacial score (nSPS) is 11.9. The van der Waals surface area contributed by atoms with E-state index in [1.165, 1.54) is 41.3 Å². The van der Waals surface area contributed by atoms with Gasteiger partial charge in [0.15, 0.2) is 0 Å². The molecule has 46 heavy (non-hydrogen) atoms. The maximum Gasteiger partial charge on any atom is 0.269 e. The van der Waals surface area contributed by atoms with E-state index in [0.717, 1.165) is 21.0 Å². The first kappa shape index (κ1) is 33.9. The summed E-state index contributed by atoms with van der Waals surface area (Å²) in [5.41, 5.74) is 2.47. The number of aryl methyl sites for hydroxylation is 1. The van der Waals surface area contributed by atoms with Crippen LogP contribution in [0.4, 0.5) is 11.4 Å². The number of nitro groups is 1. The lowest BCUT2D eigenvalue weighted by molar-refractivity contribution is -0.384. The Bertz CT molecular complexity index is 1730. The van der Waals surface area contributed by atoms with Gasteiger partial charge in [0.25, 0.3) is 15.7 Å². The molecular formula is C35H38N4O6S. The highest BCUT2D eigenvalue weighted by atomic mass is 32.2. The predicted molar refractivity (Wildman–Crippen MR) is 178 cm³/mol. The Morgan fingerprint density at radius 1 is 0.826 bits per heavy atom. The first-order chi connectivity index (χ1) is 22.0. The third-order valence-corrected chi connectivity index (χ3v) is 9.18. The Morgan fingerprint density at radius 3 is 1.98 bits per heavy atom. The summed E-state index contributed by atoms with van der Waals surface area (Å²) in [6, 6.07) is 28.5. The molecule has 4 aromatic carbocycles. The van der Waals surface area contributed by atoms with Crippen molar-refractivity contribution >= 4 is 33.2 Å². The standard InChI is InChI=1S/C35H38N4O6S/c1-26(2)23-36-35(41)33(22-28-10-6-4-7-11-28)37(24-29-16-14-27(3)15-17-29)34(40)25-38(30-18-20-31(21-19-30)39(42)43)46(44,45)32-12-8-5-9-13-32/h4-21,26,33H,22-25H2,1-3H3,(H,36,41)/t33-/m0/s1. The minimum Gasteiger partial charge on any atom is -0.354 e. The number of carbonyl (C=O) groups excluding carboxylic acids is 2. The van der Waals surface area contributed by atoms with Crippen molar-refractivity contribution < 1.29 is 22.9 Å². The average molecular weight is 643 g/mol. The van der Waals surface area contributed by atoms with Gasteiger partial charge in [0.2, 0.25) is 11.8 Å². The van der Waals surface area contributed by atoms with Crippen LogP contribution >= 0.6 is 0 Å². The lowest BCUT2D eigenvalue weighted by atomic mass is 10.0. The average Bonchev–Trinajstić information content (AvgIpc) is 3.05. The van der Waals surface area contributed by atoms with Gasteiger partial charge in [-0.15, -0.1) is 0 Å². The van der Waals surface area contributed by atoms with Gasteiger partial charge in [0, 0.05) is 31.6 Å². The summed E-state index contributed by atoms with van der Waals surface area (Å²) in [6.07, 6.45) is 0.200. The Hall–Kier alpha value is -5.03. The number of hydrogen-bond donors (Lipinski definition) is 1. The summed E-state index contributed by atoms with van der Waals surface area (Å²) in [6.45, 7) is 5.68. The molecule has 240 valence electrons. The van der Waals surface area contributed by atoms with Crippen molar-refractivity contribution in [1.82, 2.24) is 10.2 Å². The molecular weight excluding hydrogens is 604 g/mol. The van der Waals surface area contributed by atoms with E-state index < -0.39 is 33.4 Å². The second-order valence-electron chi connectivity index (χ2n) is 11.4. The Labute approximate surface area is 269 Å². The SMILES string of the molecule is Cc1ccc(CN(C(=O)CN(c2ccc([N+](=O)[O-])cc2)S(=O)(=O)c2ccccc2)[C@@H](Cc2ccccc2)C(=O)NCC(C)C)cc1. The number of benzene rings is 4. The van der Waals surface area contributed by atoms with Gasteiger partial charge in [-0.1, -0.05) is 92.2 Å². The van der Waals surface area contributed by atoms with Gasteiger partial charge in [-0.25, -0.2) is 8.42 Å². The topological polar surface area (TPSA) is 130 Å². The molecule has 0 fully saturated rings. The van der Waals surface area contributed by atoms with Gasteiger partial charge < -0.3 is 10.2 Å². The molecule has 1 atom stereocenters. The molecule has 0 saturated carbocycles. The second kappa shape index (κ2) is 15.3. The van der Waals surface area contributed by atoms with Gasteiger partial charge in [-0.05, 0) is 48.2 Å². The molecule has 0 bridgehead atoms. The van der Waals surface area contributed by atoms with Crippen molar-refractivity contribution in [2.24, 2.45) is 5.92 Å². The Balaban J connectivity index is 1.80. The molecule has 0 spiro atoms. The fourth-order valence-corrected chi connectivity index (χ4v) is 6.29. The van der Waals surface area contributed by atoms with Gasteiger partial charge in [-0.3, -0.25) is 24.0 Å². The van der Waals surface area contributed by atoms with Crippen LogP contribution in [-0.2, 0) is 32.6 Å². The number of sulfonamides is 1. The first-order valence-electron chi connectivity index (χ1n) is 14.9. The molecule has 0 aromatic heterocycles. The van der Waals surface area contributed by atoms with E-state index >= 15 is 0 Å². The van der Waals surface area contributed by atoms with Crippen LogP contribution in [0.1, 0.15) is 30.5 Å². The molecule has 0 aliphatic heterocycles. The highest BCUT2D eigenvalue weighted by molar-refractivity contribution is 7.92. The largest absolute Gasteiger partial charge is 0.354 e. The minimum absolute atomic E-state index is 0.0468. The molecule has 10 nitrogen and oxygen atoms in total. The lowest BCUT2D eigenvalue weighted by Crippen LogP contribution is -2.53. The van der Waals surface area contributed by atoms with Crippen LogP contribution in [0.5, 0.6) is 0 Å². The molecule has 4 rings (SSSR count). The fourth-order valence-electron chi connectivity index (χ4n) is 4.86. The number of anilines is 1. The van der Waals surface area contributed by atoms with Crippen LogP contribution in [0.2, 0.25) is 0 Å². The molecule has 2 amide bonds. The number of non-ortho nitro benzene ring substituents is 1. The number of hydrogen-bond acceptors (Lipinski definition) is 6. The number of rotatable bonds is 14. The van der Waals surface area contributed by atoms with Crippen LogP contribution < -0.4 is 9.62 Å². The maximum absolute atomic E-state index is 14.5. The summed E-state index contributed by atoms with van der Waals surface area (Å²) < 4.78 is 29.0. The van der Waals surface area contributed by atoms with Gasteiger partial charge in [0.1, 0.15) is 12.6 Å². The van der Waals surface area contributed by atoms with E-state index in [4.69, 9.17) is 0 Å². The van der Waals surface area contributed by atoms with Crippen LogP contribution in [0, 0.1) is 23.0 Å². The smallest absolute Gasteiger partial charge is 0.269 e. The zero-order valence-electron chi connectivity index (χ0n) is 26.1. The van der Waals surface area contributed by atoms with Gasteiger partial charge in [0.05, 0.1) is 15.5 Å². The van der Waals surface area contributed by atoms with E-state index in [2.05, 4.69) is 5.32 Å². The molecule has 0 aliphatic rings. The van der Waals surface area contributed by atoms with Gasteiger partial charge in [-0.2, -0.15) is 0 Å². The highest BCUT2D eigenvalue weighted by Gasteiger charge is 2.34. The number of nitro benzene ring substituents is 1. The van der Waals surface area contributed by atoms with E-state index in [-0.39, 0.29) is 41.1 Å². The number of nitrogens with zero attached hydrogens (tertiary/aromatic N) is 3. The third kappa shape index (κ3) is 8.79. The second-order valence-corrected chi connectivity index (χ2v) is 13.3. The van der Waals surface area contributed by atoms with Crippen molar-refractivity contribution in [3.63, 3.8) is 0 Å². The number of nitrogens with one attached hydrogen (secondary N) is 1. The van der Waals surface area contributed by atoms with E-state index in [1.54, 1.807) is 18.2 Å². The van der Waals surface area contributed by atoms with Gasteiger partial charge >= 0.3 is 0 Å². The zero-order chi connectivity index (χ0) is 33.3. The summed E-state index contributed by atoms with van der Waals surface area (Å²) in [5.74, 6) is -0.805. The van der Waals surface area contributed by atoms with Crippen molar-refractivity contribution in [3.05, 3.63) is 136 Å². The van der Waals surface area contributed by atoms with Crippen molar-refractivity contribution in [1.29, 1.82) is 0 Å².